The number of amides is 2. The van der Waals surface area contributed by atoms with Crippen LogP contribution in [0, 0.1) is 5.82 Å². The van der Waals surface area contributed by atoms with E-state index in [1.54, 1.807) is 6.07 Å². The first-order valence-electron chi connectivity index (χ1n) is 8.72. The van der Waals surface area contributed by atoms with E-state index in [0.717, 1.165) is 36.1 Å². The van der Waals surface area contributed by atoms with Gasteiger partial charge in [-0.05, 0) is 30.0 Å². The number of rotatable bonds is 5. The molecule has 2 unspecified atom stereocenters. The standard InChI is InChI=1S/C20H23FN2OS/c1-2-7-17(14-8-4-3-5-9-14)22-20(24)23-18-12-13-25-19-15(18)10-6-11-16(19)21/h3-6,8-11,17-18H,2,7,12-13H2,1H3,(H2,22,23,24). The van der Waals surface area contributed by atoms with Gasteiger partial charge in [-0.25, -0.2) is 9.18 Å². The summed E-state index contributed by atoms with van der Waals surface area (Å²) >= 11 is 1.52. The first-order chi connectivity index (χ1) is 12.2. The van der Waals surface area contributed by atoms with Crippen molar-refractivity contribution in [1.29, 1.82) is 0 Å². The highest BCUT2D eigenvalue weighted by atomic mass is 32.2. The van der Waals surface area contributed by atoms with Gasteiger partial charge in [-0.1, -0.05) is 55.8 Å². The molecule has 1 aliphatic heterocycles. The summed E-state index contributed by atoms with van der Waals surface area (Å²) in [6.07, 6.45) is 2.66. The number of carbonyl (C=O) groups excluding carboxylic acids is 1. The van der Waals surface area contributed by atoms with Gasteiger partial charge in [-0.3, -0.25) is 0 Å². The normalized spacial score (nSPS) is 17.4. The van der Waals surface area contributed by atoms with Crippen molar-refractivity contribution in [3.63, 3.8) is 0 Å². The molecule has 2 atom stereocenters. The van der Waals surface area contributed by atoms with Gasteiger partial charge < -0.3 is 10.6 Å². The molecule has 0 aliphatic carbocycles. The Hall–Kier alpha value is -2.01. The van der Waals surface area contributed by atoms with Crippen LogP contribution in [0.25, 0.3) is 0 Å². The molecule has 0 saturated carbocycles. The second kappa shape index (κ2) is 8.39. The van der Waals surface area contributed by atoms with Crippen LogP contribution < -0.4 is 10.6 Å². The molecule has 0 radical (unpaired) electrons. The summed E-state index contributed by atoms with van der Waals surface area (Å²) in [5.74, 6) is 0.596. The molecule has 5 heteroatoms. The zero-order valence-electron chi connectivity index (χ0n) is 14.3. The maximum Gasteiger partial charge on any atom is 0.315 e. The number of carbonyl (C=O) groups is 1. The van der Waals surface area contributed by atoms with Gasteiger partial charge in [0.05, 0.1) is 12.1 Å². The summed E-state index contributed by atoms with van der Waals surface area (Å²) in [7, 11) is 0. The summed E-state index contributed by atoms with van der Waals surface area (Å²) in [6, 6.07) is 14.7. The zero-order valence-corrected chi connectivity index (χ0v) is 15.1. The monoisotopic (exact) mass is 358 g/mol. The fraction of sp³-hybridized carbons (Fsp3) is 0.350. The molecule has 0 aromatic heterocycles. The van der Waals surface area contributed by atoms with E-state index in [4.69, 9.17) is 0 Å². The topological polar surface area (TPSA) is 41.1 Å². The van der Waals surface area contributed by atoms with Gasteiger partial charge in [0.2, 0.25) is 0 Å². The van der Waals surface area contributed by atoms with Crippen LogP contribution in [-0.4, -0.2) is 11.8 Å². The van der Waals surface area contributed by atoms with Crippen LogP contribution in [0.1, 0.15) is 49.4 Å². The number of hydrogen-bond acceptors (Lipinski definition) is 2. The van der Waals surface area contributed by atoms with Crippen LogP contribution in [-0.2, 0) is 0 Å². The van der Waals surface area contributed by atoms with Crippen molar-refractivity contribution in [3.8, 4) is 0 Å². The van der Waals surface area contributed by atoms with E-state index < -0.39 is 0 Å². The average Bonchev–Trinajstić information content (AvgIpc) is 2.63. The van der Waals surface area contributed by atoms with Gasteiger partial charge in [0.1, 0.15) is 5.82 Å². The van der Waals surface area contributed by atoms with Crippen LogP contribution in [0.5, 0.6) is 0 Å². The molecule has 2 N–H and O–H groups in total. The lowest BCUT2D eigenvalue weighted by molar-refractivity contribution is 0.231. The Morgan fingerprint density at radius 3 is 2.80 bits per heavy atom. The first-order valence-corrected chi connectivity index (χ1v) is 9.70. The van der Waals surface area contributed by atoms with E-state index in [0.29, 0.717) is 4.90 Å². The molecule has 132 valence electrons. The second-order valence-corrected chi connectivity index (χ2v) is 7.32. The van der Waals surface area contributed by atoms with Crippen LogP contribution in [0.3, 0.4) is 0 Å². The Balaban J connectivity index is 1.69. The molecular weight excluding hydrogens is 335 g/mol. The zero-order chi connectivity index (χ0) is 17.6. The predicted octanol–water partition coefficient (Wildman–Crippen LogP) is 5.20. The van der Waals surface area contributed by atoms with Gasteiger partial charge in [0, 0.05) is 10.6 Å². The average molecular weight is 358 g/mol. The van der Waals surface area contributed by atoms with Crippen LogP contribution in [0.4, 0.5) is 9.18 Å². The first kappa shape index (κ1) is 17.8. The summed E-state index contributed by atoms with van der Waals surface area (Å²) in [6.45, 7) is 2.10. The smallest absolute Gasteiger partial charge is 0.315 e. The number of hydrogen-bond donors (Lipinski definition) is 2. The quantitative estimate of drug-likeness (QED) is 0.771. The van der Waals surface area contributed by atoms with Gasteiger partial charge >= 0.3 is 6.03 Å². The maximum atomic E-state index is 14.0. The Morgan fingerprint density at radius 1 is 1.24 bits per heavy atom. The lowest BCUT2D eigenvalue weighted by Crippen LogP contribution is -2.40. The number of urea groups is 1. The van der Waals surface area contributed by atoms with Crippen LogP contribution in [0.2, 0.25) is 0 Å². The Labute approximate surface area is 152 Å². The third kappa shape index (κ3) is 4.34. The molecule has 1 heterocycles. The molecular formula is C20H23FN2OS. The van der Waals surface area contributed by atoms with Crippen molar-refractivity contribution in [3.05, 3.63) is 65.5 Å². The van der Waals surface area contributed by atoms with Crippen molar-refractivity contribution in [1.82, 2.24) is 10.6 Å². The van der Waals surface area contributed by atoms with Crippen molar-refractivity contribution in [2.75, 3.05) is 5.75 Å². The number of benzene rings is 2. The number of nitrogens with one attached hydrogen (secondary N) is 2. The van der Waals surface area contributed by atoms with Crippen LogP contribution in [0.15, 0.2) is 53.4 Å². The predicted molar refractivity (Wildman–Crippen MR) is 100 cm³/mol. The Bertz CT molecular complexity index is 723. The van der Waals surface area contributed by atoms with E-state index in [9.17, 15) is 9.18 Å². The molecule has 2 aromatic carbocycles. The van der Waals surface area contributed by atoms with E-state index in [2.05, 4.69) is 17.6 Å². The van der Waals surface area contributed by atoms with E-state index in [1.165, 1.54) is 17.8 Å². The lowest BCUT2D eigenvalue weighted by Gasteiger charge is -2.27. The highest BCUT2D eigenvalue weighted by molar-refractivity contribution is 7.99. The van der Waals surface area contributed by atoms with Gasteiger partial charge in [-0.2, -0.15) is 0 Å². The van der Waals surface area contributed by atoms with Crippen molar-refractivity contribution in [2.24, 2.45) is 0 Å². The van der Waals surface area contributed by atoms with Gasteiger partial charge in [-0.15, -0.1) is 11.8 Å². The molecule has 2 aromatic rings. The molecule has 2 amide bonds. The third-order valence-corrected chi connectivity index (χ3v) is 5.57. The lowest BCUT2D eigenvalue weighted by atomic mass is 10.0. The molecule has 25 heavy (non-hydrogen) atoms. The molecule has 1 aliphatic rings. The molecule has 3 nitrogen and oxygen atoms in total. The van der Waals surface area contributed by atoms with Crippen molar-refractivity contribution in [2.45, 2.75) is 43.2 Å². The van der Waals surface area contributed by atoms with Crippen LogP contribution >= 0.6 is 11.8 Å². The molecule has 0 spiro atoms. The molecule has 0 fully saturated rings. The second-order valence-electron chi connectivity index (χ2n) is 6.22. The minimum Gasteiger partial charge on any atom is -0.331 e. The fourth-order valence-corrected chi connectivity index (χ4v) is 4.33. The Kier molecular flexibility index (Phi) is 5.97. The number of halogens is 1. The molecule has 3 rings (SSSR count). The Morgan fingerprint density at radius 2 is 2.04 bits per heavy atom. The summed E-state index contributed by atoms with van der Waals surface area (Å²) in [5, 5.41) is 6.11. The minimum atomic E-state index is -0.206. The minimum absolute atomic E-state index is 0.0175. The largest absolute Gasteiger partial charge is 0.331 e. The maximum absolute atomic E-state index is 14.0. The molecule has 0 saturated heterocycles. The fourth-order valence-electron chi connectivity index (χ4n) is 3.19. The summed E-state index contributed by atoms with van der Waals surface area (Å²) in [5.41, 5.74) is 1.98. The van der Waals surface area contributed by atoms with Crippen molar-refractivity contribution < 1.29 is 9.18 Å². The van der Waals surface area contributed by atoms with E-state index in [1.807, 2.05) is 36.4 Å². The number of thioether (sulfide) groups is 1. The highest BCUT2D eigenvalue weighted by Crippen LogP contribution is 2.37. The van der Waals surface area contributed by atoms with Gasteiger partial charge in [0.25, 0.3) is 0 Å². The van der Waals surface area contributed by atoms with Crippen molar-refractivity contribution >= 4 is 17.8 Å². The summed E-state index contributed by atoms with van der Waals surface area (Å²) < 4.78 is 14.0. The SMILES string of the molecule is CCCC(NC(=O)NC1CCSc2c(F)cccc21)c1ccccc1. The number of fused-ring (bicyclic) bond motifs is 1. The highest BCUT2D eigenvalue weighted by Gasteiger charge is 2.25. The van der Waals surface area contributed by atoms with E-state index >= 15 is 0 Å². The van der Waals surface area contributed by atoms with E-state index in [-0.39, 0.29) is 23.9 Å². The van der Waals surface area contributed by atoms with Gasteiger partial charge in [0.15, 0.2) is 0 Å². The molecule has 0 bridgehead atoms. The third-order valence-electron chi connectivity index (χ3n) is 4.42. The summed E-state index contributed by atoms with van der Waals surface area (Å²) in [4.78, 5) is 13.2.